The largest absolute Gasteiger partial charge is 0.496 e. The first-order chi connectivity index (χ1) is 16.5. The SMILES string of the molecule is COc1ccccc1CN1C(=O)c2nc3ccccc3n2C[C@@]1(C)C(=O)NC1CCCCCC1. The lowest BCUT2D eigenvalue weighted by Crippen LogP contribution is -2.64. The highest BCUT2D eigenvalue weighted by Crippen LogP contribution is 2.33. The number of aromatic nitrogens is 2. The molecule has 2 heterocycles. The number of rotatable bonds is 5. The van der Waals surface area contributed by atoms with Gasteiger partial charge < -0.3 is 19.5 Å². The molecule has 1 aromatic heterocycles. The summed E-state index contributed by atoms with van der Waals surface area (Å²) in [6, 6.07) is 15.5. The number of nitrogens with one attached hydrogen (secondary N) is 1. The van der Waals surface area contributed by atoms with Crippen molar-refractivity contribution in [3.63, 3.8) is 0 Å². The van der Waals surface area contributed by atoms with Crippen molar-refractivity contribution in [2.45, 2.75) is 70.1 Å². The first kappa shape index (κ1) is 22.4. The zero-order chi connectivity index (χ0) is 23.7. The van der Waals surface area contributed by atoms with Crippen LogP contribution in [-0.4, -0.2) is 45.0 Å². The number of hydrogen-bond donors (Lipinski definition) is 1. The number of para-hydroxylation sites is 3. The molecule has 0 bridgehead atoms. The second-order valence-corrected chi connectivity index (χ2v) is 9.65. The molecule has 1 saturated carbocycles. The number of ether oxygens (including phenoxy) is 1. The van der Waals surface area contributed by atoms with E-state index in [0.29, 0.717) is 18.1 Å². The van der Waals surface area contributed by atoms with Gasteiger partial charge in [0.15, 0.2) is 5.82 Å². The Morgan fingerprint density at radius 2 is 1.79 bits per heavy atom. The van der Waals surface area contributed by atoms with Gasteiger partial charge in [-0.2, -0.15) is 0 Å². The summed E-state index contributed by atoms with van der Waals surface area (Å²) in [7, 11) is 1.62. The topological polar surface area (TPSA) is 76.5 Å². The molecule has 1 atom stereocenters. The molecule has 1 fully saturated rings. The van der Waals surface area contributed by atoms with Gasteiger partial charge in [0.2, 0.25) is 5.91 Å². The summed E-state index contributed by atoms with van der Waals surface area (Å²) in [6.45, 7) is 2.49. The third-order valence-electron chi connectivity index (χ3n) is 7.35. The van der Waals surface area contributed by atoms with Gasteiger partial charge in [0.25, 0.3) is 5.91 Å². The molecular formula is C27H32N4O3. The normalized spacial score (nSPS) is 21.2. The Hall–Kier alpha value is -3.35. The van der Waals surface area contributed by atoms with Gasteiger partial charge in [-0.1, -0.05) is 56.0 Å². The van der Waals surface area contributed by atoms with E-state index < -0.39 is 5.54 Å². The number of fused-ring (bicyclic) bond motifs is 3. The molecule has 5 rings (SSSR count). The molecule has 1 N–H and O–H groups in total. The second-order valence-electron chi connectivity index (χ2n) is 9.65. The van der Waals surface area contributed by atoms with Gasteiger partial charge in [-0.05, 0) is 38.0 Å². The number of benzene rings is 2. The molecule has 7 heteroatoms. The predicted molar refractivity (Wildman–Crippen MR) is 131 cm³/mol. The van der Waals surface area contributed by atoms with Crippen molar-refractivity contribution in [2.24, 2.45) is 0 Å². The lowest BCUT2D eigenvalue weighted by atomic mass is 9.93. The van der Waals surface area contributed by atoms with E-state index in [0.717, 1.165) is 42.3 Å². The lowest BCUT2D eigenvalue weighted by Gasteiger charge is -2.44. The summed E-state index contributed by atoms with van der Waals surface area (Å²) >= 11 is 0. The van der Waals surface area contributed by atoms with Crippen LogP contribution in [0, 0.1) is 0 Å². The van der Waals surface area contributed by atoms with E-state index >= 15 is 0 Å². The van der Waals surface area contributed by atoms with E-state index in [1.807, 2.05) is 60.0 Å². The average molecular weight is 461 g/mol. The maximum absolute atomic E-state index is 13.9. The van der Waals surface area contributed by atoms with Crippen LogP contribution in [-0.2, 0) is 17.9 Å². The summed E-state index contributed by atoms with van der Waals surface area (Å²) in [6.07, 6.45) is 6.66. The molecule has 3 aromatic rings. The van der Waals surface area contributed by atoms with Crippen molar-refractivity contribution >= 4 is 22.8 Å². The number of carbonyl (C=O) groups is 2. The summed E-state index contributed by atoms with van der Waals surface area (Å²) in [4.78, 5) is 34.1. The van der Waals surface area contributed by atoms with Gasteiger partial charge in [0.1, 0.15) is 11.3 Å². The highest BCUT2D eigenvalue weighted by atomic mass is 16.5. The Kier molecular flexibility index (Phi) is 6.02. The number of carbonyl (C=O) groups excluding carboxylic acids is 2. The minimum atomic E-state index is -1.07. The molecule has 178 valence electrons. The van der Waals surface area contributed by atoms with Crippen molar-refractivity contribution in [1.29, 1.82) is 0 Å². The third-order valence-corrected chi connectivity index (χ3v) is 7.35. The number of methoxy groups -OCH3 is 1. The Bertz CT molecular complexity index is 1210. The Labute approximate surface area is 200 Å². The molecule has 0 unspecified atom stereocenters. The smallest absolute Gasteiger partial charge is 0.291 e. The molecule has 2 aromatic carbocycles. The van der Waals surface area contributed by atoms with Crippen LogP contribution in [0.25, 0.3) is 11.0 Å². The van der Waals surface area contributed by atoms with Crippen LogP contribution in [0.15, 0.2) is 48.5 Å². The Morgan fingerprint density at radius 1 is 1.09 bits per heavy atom. The van der Waals surface area contributed by atoms with E-state index in [4.69, 9.17) is 4.74 Å². The standard InChI is InChI=1S/C27H32N4O3/c1-27(26(33)28-20-12-5-3-4-6-13-20)18-30-22-15-9-8-14-21(22)29-24(30)25(32)31(27)17-19-11-7-10-16-23(19)34-2/h7-11,14-16,20H,3-6,12-13,17-18H2,1-2H3,(H,28,33)/t27-/m0/s1. The first-order valence-corrected chi connectivity index (χ1v) is 12.2. The molecular weight excluding hydrogens is 428 g/mol. The number of hydrogen-bond acceptors (Lipinski definition) is 4. The predicted octanol–water partition coefficient (Wildman–Crippen LogP) is 4.30. The summed E-state index contributed by atoms with van der Waals surface area (Å²) in [5.74, 6) is 0.717. The van der Waals surface area contributed by atoms with Crippen molar-refractivity contribution in [3.05, 3.63) is 59.9 Å². The fourth-order valence-electron chi connectivity index (χ4n) is 5.35. The van der Waals surface area contributed by atoms with Crippen molar-refractivity contribution in [2.75, 3.05) is 7.11 Å². The monoisotopic (exact) mass is 460 g/mol. The van der Waals surface area contributed by atoms with Gasteiger partial charge in [-0.25, -0.2) is 4.98 Å². The van der Waals surface area contributed by atoms with E-state index in [1.54, 1.807) is 12.0 Å². The van der Waals surface area contributed by atoms with Crippen LogP contribution in [0.5, 0.6) is 5.75 Å². The van der Waals surface area contributed by atoms with Gasteiger partial charge >= 0.3 is 0 Å². The quantitative estimate of drug-likeness (QED) is 0.576. The third kappa shape index (κ3) is 3.93. The summed E-state index contributed by atoms with van der Waals surface area (Å²) in [5.41, 5.74) is 1.42. The second kappa shape index (κ2) is 9.12. The van der Waals surface area contributed by atoms with Gasteiger partial charge in [-0.3, -0.25) is 9.59 Å². The molecule has 2 aliphatic rings. The molecule has 7 nitrogen and oxygen atoms in total. The fraction of sp³-hybridized carbons (Fsp3) is 0.444. The molecule has 1 aliphatic carbocycles. The van der Waals surface area contributed by atoms with E-state index in [1.165, 1.54) is 12.8 Å². The lowest BCUT2D eigenvalue weighted by molar-refractivity contribution is -0.134. The first-order valence-electron chi connectivity index (χ1n) is 12.2. The average Bonchev–Trinajstić information content (AvgIpc) is 3.02. The van der Waals surface area contributed by atoms with Crippen LogP contribution in [0.4, 0.5) is 0 Å². The van der Waals surface area contributed by atoms with Crippen molar-refractivity contribution < 1.29 is 14.3 Å². The number of nitrogens with zero attached hydrogens (tertiary/aromatic N) is 3. The maximum Gasteiger partial charge on any atom is 0.291 e. The van der Waals surface area contributed by atoms with Crippen LogP contribution in [0.3, 0.4) is 0 Å². The minimum absolute atomic E-state index is 0.105. The molecule has 2 amide bonds. The molecule has 1 aliphatic heterocycles. The summed E-state index contributed by atoms with van der Waals surface area (Å²) in [5, 5.41) is 3.31. The zero-order valence-electron chi connectivity index (χ0n) is 19.9. The van der Waals surface area contributed by atoms with Gasteiger partial charge in [0, 0.05) is 11.6 Å². The highest BCUT2D eigenvalue weighted by Gasteiger charge is 2.49. The van der Waals surface area contributed by atoms with Crippen LogP contribution in [0.1, 0.15) is 61.6 Å². The van der Waals surface area contributed by atoms with Gasteiger partial charge in [-0.15, -0.1) is 0 Å². The molecule has 0 radical (unpaired) electrons. The van der Waals surface area contributed by atoms with E-state index in [2.05, 4.69) is 10.3 Å². The van der Waals surface area contributed by atoms with Crippen LogP contribution >= 0.6 is 0 Å². The maximum atomic E-state index is 13.9. The molecule has 0 saturated heterocycles. The van der Waals surface area contributed by atoms with E-state index in [9.17, 15) is 9.59 Å². The van der Waals surface area contributed by atoms with E-state index in [-0.39, 0.29) is 24.4 Å². The van der Waals surface area contributed by atoms with Gasteiger partial charge in [0.05, 0.1) is 31.2 Å². The number of amides is 2. The Balaban J connectivity index is 1.55. The minimum Gasteiger partial charge on any atom is -0.496 e. The van der Waals surface area contributed by atoms with Crippen LogP contribution in [0.2, 0.25) is 0 Å². The highest BCUT2D eigenvalue weighted by molar-refractivity contribution is 6.01. The van der Waals surface area contributed by atoms with Crippen LogP contribution < -0.4 is 10.1 Å². The van der Waals surface area contributed by atoms with Crippen molar-refractivity contribution in [3.8, 4) is 5.75 Å². The number of imidazole rings is 1. The molecule has 0 spiro atoms. The summed E-state index contributed by atoms with van der Waals surface area (Å²) < 4.78 is 7.45. The zero-order valence-corrected chi connectivity index (χ0v) is 19.9. The van der Waals surface area contributed by atoms with Crippen molar-refractivity contribution in [1.82, 2.24) is 19.8 Å². The fourth-order valence-corrected chi connectivity index (χ4v) is 5.35. The Morgan fingerprint density at radius 3 is 2.56 bits per heavy atom. The molecule has 34 heavy (non-hydrogen) atoms.